The summed E-state index contributed by atoms with van der Waals surface area (Å²) in [5, 5.41) is 2.98. The van der Waals surface area contributed by atoms with Gasteiger partial charge in [-0.25, -0.2) is 0 Å². The largest absolute Gasteiger partial charge is 1.00 e. The van der Waals surface area contributed by atoms with Gasteiger partial charge in [-0.15, -0.1) is 0 Å². The molecule has 1 amide bonds. The third-order valence-corrected chi connectivity index (χ3v) is 5.26. The summed E-state index contributed by atoms with van der Waals surface area (Å²) in [7, 11) is 4.59. The molecule has 146 valence electrons. The van der Waals surface area contributed by atoms with Crippen molar-refractivity contribution in [1.82, 2.24) is 0 Å². The molecular formula is C22H29IN2O2. The number of anilines is 1. The molecule has 0 aromatic heterocycles. The molecule has 1 aliphatic rings. The molecule has 4 nitrogen and oxygen atoms in total. The maximum Gasteiger partial charge on any atom is 0.255 e. The predicted molar refractivity (Wildman–Crippen MR) is 105 cm³/mol. The van der Waals surface area contributed by atoms with E-state index in [1.807, 2.05) is 43.3 Å². The Labute approximate surface area is 179 Å². The quantitative estimate of drug-likeness (QED) is 0.513. The van der Waals surface area contributed by atoms with Gasteiger partial charge in [-0.2, -0.15) is 0 Å². The lowest BCUT2D eigenvalue weighted by molar-refractivity contribution is -0.929. The van der Waals surface area contributed by atoms with Gasteiger partial charge in [0.2, 0.25) is 0 Å². The van der Waals surface area contributed by atoms with Crippen molar-refractivity contribution >= 4 is 11.6 Å². The number of quaternary nitrogens is 1. The molecule has 2 aromatic rings. The highest BCUT2D eigenvalue weighted by Gasteiger charge is 2.30. The summed E-state index contributed by atoms with van der Waals surface area (Å²) in [6.07, 6.45) is 2.25. The maximum atomic E-state index is 12.4. The van der Waals surface area contributed by atoms with Crippen molar-refractivity contribution < 1.29 is 38.0 Å². The van der Waals surface area contributed by atoms with Crippen LogP contribution < -0.4 is 29.3 Å². The first-order valence-electron chi connectivity index (χ1n) is 9.31. The fourth-order valence-electron chi connectivity index (χ4n) is 3.67. The first-order chi connectivity index (χ1) is 12.4. The molecule has 0 aliphatic carbocycles. The van der Waals surface area contributed by atoms with Crippen LogP contribution in [-0.4, -0.2) is 43.7 Å². The van der Waals surface area contributed by atoms with Gasteiger partial charge in [0, 0.05) is 29.7 Å². The molecule has 1 fully saturated rings. The summed E-state index contributed by atoms with van der Waals surface area (Å²) < 4.78 is 6.46. The zero-order chi connectivity index (χ0) is 18.6. The second-order valence-corrected chi connectivity index (χ2v) is 7.80. The van der Waals surface area contributed by atoms with Gasteiger partial charge in [0.05, 0.1) is 33.4 Å². The number of ether oxygens (including phenoxy) is 1. The highest BCUT2D eigenvalue weighted by atomic mass is 127. The molecule has 2 aromatic carbocycles. The summed E-state index contributed by atoms with van der Waals surface area (Å²) in [5.41, 5.74) is 3.89. The Bertz CT molecular complexity index is 753. The van der Waals surface area contributed by atoms with E-state index in [-0.39, 0.29) is 29.9 Å². The Morgan fingerprint density at radius 3 is 2.41 bits per heavy atom. The van der Waals surface area contributed by atoms with Gasteiger partial charge in [0.25, 0.3) is 5.91 Å². The molecule has 1 aliphatic heterocycles. The van der Waals surface area contributed by atoms with E-state index in [4.69, 9.17) is 4.74 Å². The zero-order valence-electron chi connectivity index (χ0n) is 16.4. The number of carbonyl (C=O) groups excluding carboxylic acids is 1. The SMILES string of the molecule is Cc1cccc(C(=O)Nc2ccc(C[N+](C)(C)C3CCOCC3)cc2)c1.[I-]. The van der Waals surface area contributed by atoms with Crippen molar-refractivity contribution in [2.75, 3.05) is 32.6 Å². The third-order valence-electron chi connectivity index (χ3n) is 5.26. The van der Waals surface area contributed by atoms with Gasteiger partial charge in [0.15, 0.2) is 0 Å². The average molecular weight is 480 g/mol. The fourth-order valence-corrected chi connectivity index (χ4v) is 3.67. The van der Waals surface area contributed by atoms with Crippen LogP contribution in [-0.2, 0) is 11.3 Å². The first kappa shape index (κ1) is 21.9. The molecule has 0 unspecified atom stereocenters. The summed E-state index contributed by atoms with van der Waals surface area (Å²) in [6.45, 7) is 4.72. The van der Waals surface area contributed by atoms with E-state index >= 15 is 0 Å². The van der Waals surface area contributed by atoms with Crippen molar-refractivity contribution in [3.63, 3.8) is 0 Å². The Kier molecular flexibility index (Phi) is 7.82. The van der Waals surface area contributed by atoms with Crippen molar-refractivity contribution in [1.29, 1.82) is 0 Å². The van der Waals surface area contributed by atoms with Crippen molar-refractivity contribution in [2.45, 2.75) is 32.4 Å². The molecular weight excluding hydrogens is 451 g/mol. The van der Waals surface area contributed by atoms with Crippen LogP contribution in [0.5, 0.6) is 0 Å². The molecule has 0 saturated carbocycles. The highest BCUT2D eigenvalue weighted by Crippen LogP contribution is 2.23. The number of nitrogens with one attached hydrogen (secondary N) is 1. The minimum Gasteiger partial charge on any atom is -1.00 e. The number of rotatable bonds is 5. The van der Waals surface area contributed by atoms with E-state index in [2.05, 4.69) is 31.5 Å². The Morgan fingerprint density at radius 1 is 1.11 bits per heavy atom. The minimum absolute atomic E-state index is 0. The van der Waals surface area contributed by atoms with Crippen molar-refractivity contribution in [2.24, 2.45) is 0 Å². The summed E-state index contributed by atoms with van der Waals surface area (Å²) >= 11 is 0. The van der Waals surface area contributed by atoms with Gasteiger partial charge in [-0.05, 0) is 31.2 Å². The first-order valence-corrected chi connectivity index (χ1v) is 9.31. The molecule has 3 rings (SSSR count). The van der Waals surface area contributed by atoms with Crippen molar-refractivity contribution in [3.05, 3.63) is 65.2 Å². The smallest absolute Gasteiger partial charge is 0.255 e. The average Bonchev–Trinajstić information content (AvgIpc) is 2.64. The van der Waals surface area contributed by atoms with E-state index in [9.17, 15) is 4.79 Å². The maximum absolute atomic E-state index is 12.4. The number of halogens is 1. The summed E-state index contributed by atoms with van der Waals surface area (Å²) in [4.78, 5) is 12.4. The van der Waals surface area contributed by atoms with Gasteiger partial charge in [-0.1, -0.05) is 29.8 Å². The molecule has 1 saturated heterocycles. The normalized spacial score (nSPS) is 15.1. The van der Waals surface area contributed by atoms with E-state index in [0.29, 0.717) is 11.6 Å². The number of aryl methyl sites for hydroxylation is 1. The van der Waals surface area contributed by atoms with Crippen LogP contribution >= 0.6 is 0 Å². The lowest BCUT2D eigenvalue weighted by atomic mass is 10.0. The van der Waals surface area contributed by atoms with Gasteiger partial charge < -0.3 is 38.5 Å². The number of amides is 1. The molecule has 5 heteroatoms. The summed E-state index contributed by atoms with van der Waals surface area (Å²) in [6, 6.07) is 16.5. The number of nitrogens with zero attached hydrogens (tertiary/aromatic N) is 1. The van der Waals surface area contributed by atoms with Gasteiger partial charge in [0.1, 0.15) is 6.54 Å². The third kappa shape index (κ3) is 6.02. The number of hydrogen-bond donors (Lipinski definition) is 1. The monoisotopic (exact) mass is 480 g/mol. The van der Waals surface area contributed by atoms with Crippen LogP contribution in [0.25, 0.3) is 0 Å². The predicted octanol–water partition coefficient (Wildman–Crippen LogP) is 1.01. The van der Waals surface area contributed by atoms with Crippen LogP contribution in [0.3, 0.4) is 0 Å². The molecule has 1 N–H and O–H groups in total. The molecule has 0 atom stereocenters. The lowest BCUT2D eigenvalue weighted by Gasteiger charge is -2.40. The summed E-state index contributed by atoms with van der Waals surface area (Å²) in [5.74, 6) is -0.0697. The van der Waals surface area contributed by atoms with Crippen molar-refractivity contribution in [3.8, 4) is 0 Å². The van der Waals surface area contributed by atoms with Crippen LogP contribution in [0.1, 0.15) is 34.3 Å². The van der Waals surface area contributed by atoms with E-state index in [0.717, 1.165) is 48.3 Å². The minimum atomic E-state index is -0.0697. The van der Waals surface area contributed by atoms with Crippen LogP contribution in [0.2, 0.25) is 0 Å². The number of benzene rings is 2. The number of hydrogen-bond acceptors (Lipinski definition) is 2. The topological polar surface area (TPSA) is 38.3 Å². The van der Waals surface area contributed by atoms with Crippen LogP contribution in [0.15, 0.2) is 48.5 Å². The van der Waals surface area contributed by atoms with Gasteiger partial charge >= 0.3 is 0 Å². The number of carbonyl (C=O) groups is 1. The van der Waals surface area contributed by atoms with Gasteiger partial charge in [-0.3, -0.25) is 4.79 Å². The fraction of sp³-hybridized carbons (Fsp3) is 0.409. The van der Waals surface area contributed by atoms with E-state index in [1.54, 1.807) is 0 Å². The lowest BCUT2D eigenvalue weighted by Crippen LogP contribution is -3.00. The molecule has 0 radical (unpaired) electrons. The highest BCUT2D eigenvalue weighted by molar-refractivity contribution is 6.04. The van der Waals surface area contributed by atoms with E-state index < -0.39 is 0 Å². The second-order valence-electron chi connectivity index (χ2n) is 7.80. The second kappa shape index (κ2) is 9.66. The van der Waals surface area contributed by atoms with Crippen LogP contribution in [0.4, 0.5) is 5.69 Å². The zero-order valence-corrected chi connectivity index (χ0v) is 18.5. The standard InChI is InChI=1S/C22H28N2O2.HI/c1-17-5-4-6-19(15-17)22(25)23-20-9-7-18(8-10-20)16-24(2,3)21-11-13-26-14-12-21;/h4-10,15,21H,11-14,16H2,1-3H3;1H. The molecule has 1 heterocycles. The Morgan fingerprint density at radius 2 is 1.78 bits per heavy atom. The Hall–Kier alpha value is -1.44. The molecule has 0 spiro atoms. The van der Waals surface area contributed by atoms with Crippen LogP contribution in [0, 0.1) is 6.92 Å². The molecule has 27 heavy (non-hydrogen) atoms. The van der Waals surface area contributed by atoms with E-state index in [1.165, 1.54) is 5.56 Å². The Balaban J connectivity index is 0.00000261. The molecule has 0 bridgehead atoms.